The van der Waals surface area contributed by atoms with Crippen LogP contribution < -0.4 is 19.5 Å². The number of methoxy groups -OCH3 is 3. The Kier molecular flexibility index (Phi) is 4.87. The van der Waals surface area contributed by atoms with Crippen molar-refractivity contribution in [3.8, 4) is 22.9 Å². The van der Waals surface area contributed by atoms with Crippen LogP contribution in [0.25, 0.3) is 5.69 Å². The summed E-state index contributed by atoms with van der Waals surface area (Å²) < 4.78 is 43.6. The molecule has 9 heteroatoms. The van der Waals surface area contributed by atoms with Gasteiger partial charge < -0.3 is 19.5 Å². The van der Waals surface area contributed by atoms with Crippen LogP contribution in [0.2, 0.25) is 0 Å². The lowest BCUT2D eigenvalue weighted by Gasteiger charge is -2.14. The Morgan fingerprint density at radius 2 is 1.62 bits per heavy atom. The van der Waals surface area contributed by atoms with Crippen LogP contribution in [0.3, 0.4) is 0 Å². The van der Waals surface area contributed by atoms with Gasteiger partial charge in [0.05, 0.1) is 27.0 Å². The van der Waals surface area contributed by atoms with Crippen LogP contribution in [-0.4, -0.2) is 36.1 Å². The molecule has 0 saturated carbocycles. The molecule has 3 aromatic rings. The lowest BCUT2D eigenvalue weighted by molar-refractivity contribution is 0.324. The lowest BCUT2D eigenvalue weighted by atomic mass is 10.2. The summed E-state index contributed by atoms with van der Waals surface area (Å²) in [6.45, 7) is 0. The van der Waals surface area contributed by atoms with Crippen LogP contribution in [0, 0.1) is 11.6 Å². The number of ether oxygens (including phenoxy) is 3. The van der Waals surface area contributed by atoms with E-state index in [0.29, 0.717) is 28.6 Å². The van der Waals surface area contributed by atoms with Crippen LogP contribution in [0.4, 0.5) is 20.4 Å². The van der Waals surface area contributed by atoms with Gasteiger partial charge in [-0.3, -0.25) is 0 Å². The van der Waals surface area contributed by atoms with Crippen LogP contribution in [0.5, 0.6) is 17.2 Å². The Balaban J connectivity index is 1.88. The Bertz CT molecular complexity index is 905. The van der Waals surface area contributed by atoms with E-state index in [1.54, 1.807) is 12.1 Å². The van der Waals surface area contributed by atoms with Crippen molar-refractivity contribution in [2.45, 2.75) is 0 Å². The highest BCUT2D eigenvalue weighted by Crippen LogP contribution is 2.40. The standard InChI is InChI=1S/C17H16F2N4O3/c1-24-14-6-10(7-15(25-2)16(14)26-3)21-17-20-9-23(22-17)11-4-5-12(18)13(19)8-11/h4-9H,1-3H3,(H,21,22). The number of nitrogens with zero attached hydrogens (tertiary/aromatic N) is 3. The molecule has 1 heterocycles. The molecule has 136 valence electrons. The molecule has 0 aliphatic heterocycles. The second-order valence-corrected chi connectivity index (χ2v) is 5.15. The quantitative estimate of drug-likeness (QED) is 0.725. The largest absolute Gasteiger partial charge is 0.493 e. The lowest BCUT2D eigenvalue weighted by Crippen LogP contribution is -2.00. The molecular weight excluding hydrogens is 346 g/mol. The first-order valence-corrected chi connectivity index (χ1v) is 7.50. The fourth-order valence-electron chi connectivity index (χ4n) is 2.35. The van der Waals surface area contributed by atoms with Gasteiger partial charge in [0, 0.05) is 23.9 Å². The minimum absolute atomic E-state index is 0.254. The summed E-state index contributed by atoms with van der Waals surface area (Å²) in [6, 6.07) is 6.85. The molecule has 0 aliphatic carbocycles. The molecule has 0 fully saturated rings. The molecule has 3 rings (SSSR count). The van der Waals surface area contributed by atoms with Gasteiger partial charge in [0.1, 0.15) is 6.33 Å². The Morgan fingerprint density at radius 3 is 2.19 bits per heavy atom. The van der Waals surface area contributed by atoms with Crippen LogP contribution >= 0.6 is 0 Å². The van der Waals surface area contributed by atoms with Crippen molar-refractivity contribution in [2.24, 2.45) is 0 Å². The van der Waals surface area contributed by atoms with Gasteiger partial charge in [0.25, 0.3) is 0 Å². The van der Waals surface area contributed by atoms with Crippen molar-refractivity contribution in [1.82, 2.24) is 14.8 Å². The van der Waals surface area contributed by atoms with Crippen molar-refractivity contribution in [3.63, 3.8) is 0 Å². The zero-order valence-electron chi connectivity index (χ0n) is 14.3. The molecule has 1 N–H and O–H groups in total. The van der Waals surface area contributed by atoms with Crippen molar-refractivity contribution in [3.05, 3.63) is 48.3 Å². The predicted octanol–water partition coefficient (Wildman–Crippen LogP) is 3.31. The third kappa shape index (κ3) is 3.37. The van der Waals surface area contributed by atoms with Gasteiger partial charge in [-0.2, -0.15) is 4.98 Å². The average Bonchev–Trinajstić information content (AvgIpc) is 3.11. The third-order valence-corrected chi connectivity index (χ3v) is 3.58. The highest BCUT2D eigenvalue weighted by atomic mass is 19.2. The molecular formula is C17H16F2N4O3. The number of halogens is 2. The second kappa shape index (κ2) is 7.26. The van der Waals surface area contributed by atoms with E-state index in [-0.39, 0.29) is 5.95 Å². The van der Waals surface area contributed by atoms with E-state index >= 15 is 0 Å². The van der Waals surface area contributed by atoms with Crippen LogP contribution in [0.15, 0.2) is 36.7 Å². The van der Waals surface area contributed by atoms with Gasteiger partial charge in [-0.25, -0.2) is 13.5 Å². The number of benzene rings is 2. The number of anilines is 2. The number of nitrogens with one attached hydrogen (secondary N) is 1. The third-order valence-electron chi connectivity index (χ3n) is 3.58. The summed E-state index contributed by atoms with van der Waals surface area (Å²) in [5, 5.41) is 7.19. The summed E-state index contributed by atoms with van der Waals surface area (Å²) >= 11 is 0. The summed E-state index contributed by atoms with van der Waals surface area (Å²) in [6.07, 6.45) is 1.38. The maximum Gasteiger partial charge on any atom is 0.246 e. The Morgan fingerprint density at radius 1 is 0.923 bits per heavy atom. The molecule has 0 amide bonds. The summed E-state index contributed by atoms with van der Waals surface area (Å²) in [7, 11) is 4.53. The molecule has 0 radical (unpaired) electrons. The summed E-state index contributed by atoms with van der Waals surface area (Å²) in [5.41, 5.74) is 0.942. The second-order valence-electron chi connectivity index (χ2n) is 5.15. The van der Waals surface area contributed by atoms with Gasteiger partial charge in [0.2, 0.25) is 11.7 Å². The van der Waals surface area contributed by atoms with E-state index in [1.807, 2.05) is 0 Å². The first kappa shape index (κ1) is 17.5. The fraction of sp³-hybridized carbons (Fsp3) is 0.176. The van der Waals surface area contributed by atoms with Gasteiger partial charge in [-0.15, -0.1) is 5.10 Å². The highest BCUT2D eigenvalue weighted by molar-refractivity contribution is 5.65. The molecule has 2 aromatic carbocycles. The Labute approximate surface area is 148 Å². The van der Waals surface area contributed by atoms with Gasteiger partial charge in [-0.05, 0) is 12.1 Å². The van der Waals surface area contributed by atoms with E-state index in [2.05, 4.69) is 15.4 Å². The number of rotatable bonds is 6. The molecule has 0 aliphatic rings. The van der Waals surface area contributed by atoms with Crippen LogP contribution in [0.1, 0.15) is 0 Å². The normalized spacial score (nSPS) is 10.5. The van der Waals surface area contributed by atoms with Crippen molar-refractivity contribution >= 4 is 11.6 Å². The van der Waals surface area contributed by atoms with E-state index in [1.165, 1.54) is 38.4 Å². The highest BCUT2D eigenvalue weighted by Gasteiger charge is 2.14. The number of hydrogen-bond acceptors (Lipinski definition) is 6. The SMILES string of the molecule is COc1cc(Nc2ncn(-c3ccc(F)c(F)c3)n2)cc(OC)c1OC. The molecule has 26 heavy (non-hydrogen) atoms. The topological polar surface area (TPSA) is 70.4 Å². The van der Waals surface area contributed by atoms with E-state index in [4.69, 9.17) is 14.2 Å². The zero-order valence-corrected chi connectivity index (χ0v) is 14.3. The van der Waals surface area contributed by atoms with E-state index in [9.17, 15) is 8.78 Å². The van der Waals surface area contributed by atoms with Gasteiger partial charge >= 0.3 is 0 Å². The molecule has 0 atom stereocenters. The molecule has 7 nitrogen and oxygen atoms in total. The summed E-state index contributed by atoms with van der Waals surface area (Å²) in [5.74, 6) is -0.240. The maximum absolute atomic E-state index is 13.4. The molecule has 0 saturated heterocycles. The van der Waals surface area contributed by atoms with Crippen molar-refractivity contribution < 1.29 is 23.0 Å². The minimum atomic E-state index is -0.961. The molecule has 0 spiro atoms. The average molecular weight is 362 g/mol. The van der Waals surface area contributed by atoms with Crippen molar-refractivity contribution in [1.29, 1.82) is 0 Å². The Hall–Kier alpha value is -3.36. The van der Waals surface area contributed by atoms with E-state index < -0.39 is 11.6 Å². The first-order chi connectivity index (χ1) is 12.5. The van der Waals surface area contributed by atoms with Crippen molar-refractivity contribution in [2.75, 3.05) is 26.6 Å². The fourth-order valence-corrected chi connectivity index (χ4v) is 2.35. The monoisotopic (exact) mass is 362 g/mol. The van der Waals surface area contributed by atoms with Gasteiger partial charge in [0.15, 0.2) is 23.1 Å². The molecule has 0 unspecified atom stereocenters. The number of aromatic nitrogens is 3. The van der Waals surface area contributed by atoms with Crippen LogP contribution in [-0.2, 0) is 0 Å². The first-order valence-electron chi connectivity index (χ1n) is 7.50. The summed E-state index contributed by atoms with van der Waals surface area (Å²) in [4.78, 5) is 4.11. The van der Waals surface area contributed by atoms with E-state index in [0.717, 1.165) is 12.1 Å². The maximum atomic E-state index is 13.4. The smallest absolute Gasteiger partial charge is 0.246 e. The minimum Gasteiger partial charge on any atom is -0.493 e. The molecule has 0 bridgehead atoms. The number of hydrogen-bond donors (Lipinski definition) is 1. The predicted molar refractivity (Wildman–Crippen MR) is 90.7 cm³/mol. The zero-order chi connectivity index (χ0) is 18.7. The van der Waals surface area contributed by atoms with Gasteiger partial charge in [-0.1, -0.05) is 0 Å². The molecule has 1 aromatic heterocycles.